The second-order valence-electron chi connectivity index (χ2n) is 11.1. The summed E-state index contributed by atoms with van der Waals surface area (Å²) in [5, 5.41) is 12.2. The van der Waals surface area contributed by atoms with Gasteiger partial charge in [-0.05, 0) is 54.5 Å². The summed E-state index contributed by atoms with van der Waals surface area (Å²) in [7, 11) is 1.50. The van der Waals surface area contributed by atoms with Crippen molar-refractivity contribution in [1.29, 1.82) is 0 Å². The second kappa shape index (κ2) is 9.60. The monoisotopic (exact) mass is 548 g/mol. The number of aryl methyl sites for hydroxylation is 1. The van der Waals surface area contributed by atoms with Gasteiger partial charge < -0.3 is 25.5 Å². The molecule has 0 spiro atoms. The number of hydrogen-bond acceptors (Lipinski definition) is 7. The molecule has 11 heteroatoms. The van der Waals surface area contributed by atoms with Gasteiger partial charge in [-0.25, -0.2) is 15.0 Å². The summed E-state index contributed by atoms with van der Waals surface area (Å²) in [6.07, 6.45) is 5.90. The van der Waals surface area contributed by atoms with Crippen molar-refractivity contribution in [2.45, 2.75) is 50.8 Å². The van der Waals surface area contributed by atoms with Crippen LogP contribution in [0.4, 0.5) is 8.78 Å². The first-order valence-corrected chi connectivity index (χ1v) is 13.2. The van der Waals surface area contributed by atoms with Crippen LogP contribution in [0, 0.1) is 5.41 Å². The maximum Gasteiger partial charge on any atom is 0.387 e. The van der Waals surface area contributed by atoms with E-state index in [9.17, 15) is 18.7 Å². The highest BCUT2D eigenvalue weighted by atomic mass is 19.3. The number of rotatable bonds is 7. The summed E-state index contributed by atoms with van der Waals surface area (Å²) in [6.45, 7) is -0.961. The largest absolute Gasteiger partial charge is 0.434 e. The maximum atomic E-state index is 13.3. The minimum atomic E-state index is -3.03. The first-order chi connectivity index (χ1) is 19.1. The van der Waals surface area contributed by atoms with Gasteiger partial charge >= 0.3 is 6.61 Å². The van der Waals surface area contributed by atoms with Crippen molar-refractivity contribution in [2.75, 3.05) is 13.7 Å². The summed E-state index contributed by atoms with van der Waals surface area (Å²) >= 11 is 0. The maximum absolute atomic E-state index is 13.3. The predicted octanol–water partition coefficient (Wildman–Crippen LogP) is 3.94. The number of nitrogens with zero attached hydrogens (tertiary/aromatic N) is 4. The normalized spacial score (nSPS) is 23.7. The zero-order chi connectivity index (χ0) is 28.2. The predicted molar refractivity (Wildman–Crippen MR) is 144 cm³/mol. The van der Waals surface area contributed by atoms with E-state index in [1.165, 1.54) is 19.2 Å². The minimum absolute atomic E-state index is 0.0278. The Kier molecular flexibility index (Phi) is 6.30. The lowest BCUT2D eigenvalue weighted by Crippen LogP contribution is -2.56. The molecule has 1 aliphatic heterocycles. The molecule has 40 heavy (non-hydrogen) atoms. The Morgan fingerprint density at radius 3 is 2.65 bits per heavy atom. The number of nitrogens with one attached hydrogen (secondary N) is 1. The number of imidazole rings is 1. The van der Waals surface area contributed by atoms with E-state index < -0.39 is 18.2 Å². The van der Waals surface area contributed by atoms with Crippen LogP contribution in [0.2, 0.25) is 0 Å². The van der Waals surface area contributed by atoms with Gasteiger partial charge in [0.2, 0.25) is 0 Å². The van der Waals surface area contributed by atoms with Gasteiger partial charge in [0.15, 0.2) is 0 Å². The Balaban J connectivity index is 1.39. The van der Waals surface area contributed by atoms with E-state index in [4.69, 9.17) is 15.5 Å². The van der Waals surface area contributed by atoms with Gasteiger partial charge in [0.25, 0.3) is 5.91 Å². The zero-order valence-electron chi connectivity index (χ0n) is 22.2. The molecule has 4 N–H and O–H groups in total. The summed E-state index contributed by atoms with van der Waals surface area (Å²) in [5.41, 5.74) is 9.54. The van der Waals surface area contributed by atoms with E-state index in [1.807, 2.05) is 29.7 Å². The third kappa shape index (κ3) is 4.29. The topological polar surface area (TPSA) is 128 Å². The fraction of sp³-hybridized carbons (Fsp3) is 0.379. The molecule has 2 aliphatic rings. The van der Waals surface area contributed by atoms with Crippen LogP contribution >= 0.6 is 0 Å². The van der Waals surface area contributed by atoms with Crippen molar-refractivity contribution in [3.63, 3.8) is 0 Å². The number of carbonyl (C=O) groups excluding carboxylic acids is 1. The smallest absolute Gasteiger partial charge is 0.387 e. The van der Waals surface area contributed by atoms with Gasteiger partial charge in [0.1, 0.15) is 17.4 Å². The van der Waals surface area contributed by atoms with E-state index in [2.05, 4.69) is 15.3 Å². The third-order valence-electron chi connectivity index (χ3n) is 8.10. The second-order valence-corrected chi connectivity index (χ2v) is 11.1. The van der Waals surface area contributed by atoms with E-state index in [1.54, 1.807) is 18.5 Å². The molecule has 4 aromatic rings. The lowest BCUT2D eigenvalue weighted by molar-refractivity contribution is -0.0507. The standard InChI is InChI=1S/C29H30F2N6O3/c1-28(15-38)13-29(32,14-28)26-34-11-17(12-35-26)16-6-7-19-21(10-16)37-20(8-9-23(37)36-19)24-18(25(39)33-2)4-3-5-22(24)40-27(30)31/h3-7,10-12,20,27,38H,8-9,13-15,32H2,1-2H3,(H,33,39)/t20-,28?,29?/m1/s1. The number of halogens is 2. The van der Waals surface area contributed by atoms with Gasteiger partial charge in [0, 0.05) is 49.2 Å². The molecule has 9 nitrogen and oxygen atoms in total. The SMILES string of the molecule is CNC(=O)c1cccc(OC(F)F)c1[C@H]1CCc2nc3ccc(-c4cnc(C5(N)CC(C)(CO)C5)nc4)cc3n21. The van der Waals surface area contributed by atoms with Crippen molar-refractivity contribution >= 4 is 16.9 Å². The number of alkyl halides is 2. The van der Waals surface area contributed by atoms with Crippen LogP contribution in [0.25, 0.3) is 22.2 Å². The fourth-order valence-electron chi connectivity index (χ4n) is 6.41. The lowest BCUT2D eigenvalue weighted by Gasteiger charge is -2.50. The summed E-state index contributed by atoms with van der Waals surface area (Å²) in [5.74, 6) is 0.945. The van der Waals surface area contributed by atoms with Gasteiger partial charge in [-0.15, -0.1) is 0 Å². The average Bonchev–Trinajstić information content (AvgIpc) is 3.50. The van der Waals surface area contributed by atoms with Crippen LogP contribution in [0.15, 0.2) is 48.8 Å². The van der Waals surface area contributed by atoms with Crippen LogP contribution in [-0.4, -0.2) is 50.8 Å². The molecule has 0 bridgehead atoms. The number of aromatic nitrogens is 4. The number of aliphatic hydroxyl groups is 1. The number of benzene rings is 2. The van der Waals surface area contributed by atoms with Crippen molar-refractivity contribution in [2.24, 2.45) is 11.1 Å². The van der Waals surface area contributed by atoms with E-state index in [0.29, 0.717) is 37.1 Å². The lowest BCUT2D eigenvalue weighted by atomic mass is 9.58. The molecule has 0 unspecified atom stereocenters. The number of amides is 1. The summed E-state index contributed by atoms with van der Waals surface area (Å²) in [6, 6.07) is 10.0. The van der Waals surface area contributed by atoms with Crippen LogP contribution in [0.5, 0.6) is 5.75 Å². The fourth-order valence-corrected chi connectivity index (χ4v) is 6.41. The average molecular weight is 549 g/mol. The molecule has 0 radical (unpaired) electrons. The van der Waals surface area contributed by atoms with Crippen LogP contribution < -0.4 is 15.8 Å². The number of aliphatic hydroxyl groups excluding tert-OH is 1. The van der Waals surface area contributed by atoms with Crippen LogP contribution in [-0.2, 0) is 12.0 Å². The number of fused-ring (bicyclic) bond motifs is 3. The molecule has 2 aromatic carbocycles. The van der Waals surface area contributed by atoms with Crippen LogP contribution in [0.1, 0.15) is 59.8 Å². The Hall–Kier alpha value is -3.96. The molecule has 1 aliphatic carbocycles. The molecular formula is C29H30F2N6O3. The van der Waals surface area contributed by atoms with E-state index in [-0.39, 0.29) is 29.2 Å². The quantitative estimate of drug-likeness (QED) is 0.319. The van der Waals surface area contributed by atoms with Crippen LogP contribution in [0.3, 0.4) is 0 Å². The highest BCUT2D eigenvalue weighted by molar-refractivity contribution is 5.96. The van der Waals surface area contributed by atoms with Crippen molar-refractivity contribution in [3.05, 3.63) is 71.6 Å². The highest BCUT2D eigenvalue weighted by Gasteiger charge is 2.51. The third-order valence-corrected chi connectivity index (χ3v) is 8.10. The highest BCUT2D eigenvalue weighted by Crippen LogP contribution is 2.51. The Bertz CT molecular complexity index is 1600. The molecular weight excluding hydrogens is 518 g/mol. The molecule has 6 rings (SSSR count). The molecule has 1 fully saturated rings. The number of nitrogens with two attached hydrogens (primary N) is 1. The zero-order valence-corrected chi connectivity index (χ0v) is 22.2. The molecule has 0 saturated heterocycles. The first-order valence-electron chi connectivity index (χ1n) is 13.2. The number of ether oxygens (including phenoxy) is 1. The first kappa shape index (κ1) is 26.3. The molecule has 1 atom stereocenters. The Morgan fingerprint density at radius 2 is 1.98 bits per heavy atom. The minimum Gasteiger partial charge on any atom is -0.434 e. The van der Waals surface area contributed by atoms with Gasteiger partial charge in [0.05, 0.1) is 22.6 Å². The van der Waals surface area contributed by atoms with Crippen molar-refractivity contribution < 1.29 is 23.4 Å². The van der Waals surface area contributed by atoms with E-state index >= 15 is 0 Å². The van der Waals surface area contributed by atoms with Crippen molar-refractivity contribution in [3.8, 4) is 16.9 Å². The van der Waals surface area contributed by atoms with E-state index in [0.717, 1.165) is 28.0 Å². The Labute approximate surface area is 229 Å². The number of hydrogen-bond donors (Lipinski definition) is 3. The molecule has 208 valence electrons. The summed E-state index contributed by atoms with van der Waals surface area (Å²) < 4.78 is 33.6. The van der Waals surface area contributed by atoms with Gasteiger partial charge in [-0.1, -0.05) is 19.1 Å². The number of carbonyl (C=O) groups is 1. The molecule has 1 saturated carbocycles. The molecule has 3 heterocycles. The van der Waals surface area contributed by atoms with Gasteiger partial charge in [-0.3, -0.25) is 4.79 Å². The molecule has 2 aromatic heterocycles. The van der Waals surface area contributed by atoms with Gasteiger partial charge in [-0.2, -0.15) is 8.78 Å². The summed E-state index contributed by atoms with van der Waals surface area (Å²) in [4.78, 5) is 26.6. The molecule has 1 amide bonds. The Morgan fingerprint density at radius 1 is 1.23 bits per heavy atom. The van der Waals surface area contributed by atoms with Crippen molar-refractivity contribution in [1.82, 2.24) is 24.8 Å².